The zero-order chi connectivity index (χ0) is 18.9. The topological polar surface area (TPSA) is 77.6 Å². The highest BCUT2D eigenvalue weighted by molar-refractivity contribution is 5.95. The van der Waals surface area contributed by atoms with E-state index in [1.54, 1.807) is 35.3 Å². The van der Waals surface area contributed by atoms with E-state index in [0.29, 0.717) is 11.4 Å². The summed E-state index contributed by atoms with van der Waals surface area (Å²) in [6.45, 7) is 1.88. The molecule has 1 amide bonds. The lowest BCUT2D eigenvalue weighted by molar-refractivity contribution is -0.141. The Kier molecular flexibility index (Phi) is 4.49. The van der Waals surface area contributed by atoms with Gasteiger partial charge in [-0.2, -0.15) is 18.3 Å². The first kappa shape index (κ1) is 17.6. The van der Waals surface area contributed by atoms with Crippen LogP contribution in [0.5, 0.6) is 0 Å². The monoisotopic (exact) mass is 364 g/mol. The normalized spacial score (nSPS) is 11.6. The second-order valence-electron chi connectivity index (χ2n) is 5.61. The second kappa shape index (κ2) is 6.62. The summed E-state index contributed by atoms with van der Waals surface area (Å²) in [5, 5.41) is 5.77. The van der Waals surface area contributed by atoms with Gasteiger partial charge in [-0.1, -0.05) is 6.07 Å². The van der Waals surface area contributed by atoms with Crippen LogP contribution in [0.2, 0.25) is 0 Å². The third-order valence-corrected chi connectivity index (χ3v) is 3.68. The summed E-state index contributed by atoms with van der Waals surface area (Å²) in [6.07, 6.45) is 1.31. The van der Waals surface area contributed by atoms with Crippen molar-refractivity contribution in [2.24, 2.45) is 7.05 Å². The number of nitrogens with zero attached hydrogens (tertiary/aromatic N) is 5. The van der Waals surface area contributed by atoms with Crippen LogP contribution in [-0.4, -0.2) is 30.2 Å². The highest BCUT2D eigenvalue weighted by atomic mass is 19.4. The Morgan fingerprint density at radius 2 is 2.04 bits per heavy atom. The van der Waals surface area contributed by atoms with Gasteiger partial charge in [0.2, 0.25) is 0 Å². The maximum atomic E-state index is 12.9. The molecule has 0 aliphatic carbocycles. The summed E-state index contributed by atoms with van der Waals surface area (Å²) in [5.74, 6) is 0.580. The fraction of sp³-hybridized carbons (Fsp3) is 0.250. The Hall–Kier alpha value is -3.17. The molecule has 136 valence electrons. The van der Waals surface area contributed by atoms with E-state index in [-0.39, 0.29) is 6.54 Å². The molecule has 0 unspecified atom stereocenters. The number of pyridine rings is 1. The first-order valence-electron chi connectivity index (χ1n) is 7.60. The smallest absolute Gasteiger partial charge is 0.348 e. The molecule has 0 bridgehead atoms. The van der Waals surface area contributed by atoms with Crippen LogP contribution < -0.4 is 5.32 Å². The third-order valence-electron chi connectivity index (χ3n) is 3.68. The van der Waals surface area contributed by atoms with Gasteiger partial charge >= 0.3 is 6.18 Å². The molecule has 0 spiro atoms. The minimum Gasteiger partial charge on any atom is -0.348 e. The van der Waals surface area contributed by atoms with Gasteiger partial charge in [0.1, 0.15) is 11.6 Å². The largest absolute Gasteiger partial charge is 0.435 e. The number of carbonyl (C=O) groups excluding carboxylic acids is 1. The van der Waals surface area contributed by atoms with E-state index < -0.39 is 23.3 Å². The van der Waals surface area contributed by atoms with Crippen LogP contribution in [0.1, 0.15) is 27.4 Å². The third kappa shape index (κ3) is 3.58. The van der Waals surface area contributed by atoms with Crippen molar-refractivity contribution in [3.05, 3.63) is 59.6 Å². The van der Waals surface area contributed by atoms with Crippen molar-refractivity contribution in [3.63, 3.8) is 0 Å². The lowest BCUT2D eigenvalue weighted by atomic mass is 10.2. The van der Waals surface area contributed by atoms with Crippen LogP contribution in [0, 0.1) is 6.92 Å². The van der Waals surface area contributed by atoms with Crippen LogP contribution in [0.4, 0.5) is 13.2 Å². The summed E-state index contributed by atoms with van der Waals surface area (Å²) in [4.78, 5) is 20.5. The Balaban J connectivity index is 1.70. The average molecular weight is 364 g/mol. The van der Waals surface area contributed by atoms with Crippen molar-refractivity contribution in [3.8, 4) is 5.82 Å². The summed E-state index contributed by atoms with van der Waals surface area (Å²) < 4.78 is 41.5. The van der Waals surface area contributed by atoms with Crippen LogP contribution in [0.3, 0.4) is 0 Å². The summed E-state index contributed by atoms with van der Waals surface area (Å²) >= 11 is 0. The van der Waals surface area contributed by atoms with E-state index >= 15 is 0 Å². The Labute approximate surface area is 146 Å². The molecular formula is C16H15F3N6O. The SMILES string of the molecule is Cc1nccn1-c1ccc(CNC(=O)c2cn(C)nc2C(F)(F)F)cn1. The molecule has 10 heteroatoms. The van der Waals surface area contributed by atoms with Crippen molar-refractivity contribution in [2.45, 2.75) is 19.6 Å². The zero-order valence-corrected chi connectivity index (χ0v) is 13.9. The van der Waals surface area contributed by atoms with Crippen LogP contribution in [0.15, 0.2) is 36.9 Å². The number of carbonyl (C=O) groups is 1. The Morgan fingerprint density at radius 1 is 1.27 bits per heavy atom. The maximum Gasteiger partial charge on any atom is 0.435 e. The van der Waals surface area contributed by atoms with Gasteiger partial charge in [0.05, 0.1) is 5.56 Å². The minimum absolute atomic E-state index is 0.0429. The van der Waals surface area contributed by atoms with E-state index in [9.17, 15) is 18.0 Å². The number of imidazole rings is 1. The van der Waals surface area contributed by atoms with E-state index in [0.717, 1.165) is 16.7 Å². The van der Waals surface area contributed by atoms with Crippen molar-refractivity contribution in [1.82, 2.24) is 29.6 Å². The quantitative estimate of drug-likeness (QED) is 0.770. The fourth-order valence-electron chi connectivity index (χ4n) is 2.43. The van der Waals surface area contributed by atoms with Gasteiger partial charge < -0.3 is 5.32 Å². The summed E-state index contributed by atoms with van der Waals surface area (Å²) in [5.41, 5.74) is -1.07. The first-order valence-corrected chi connectivity index (χ1v) is 7.60. The molecule has 0 radical (unpaired) electrons. The number of aromatic nitrogens is 5. The molecule has 0 aromatic carbocycles. The van der Waals surface area contributed by atoms with Crippen molar-refractivity contribution in [1.29, 1.82) is 0 Å². The molecular weight excluding hydrogens is 349 g/mol. The lowest BCUT2D eigenvalue weighted by Crippen LogP contribution is -2.25. The van der Waals surface area contributed by atoms with Crippen molar-refractivity contribution in [2.75, 3.05) is 0 Å². The Bertz CT molecular complexity index is 926. The van der Waals surface area contributed by atoms with E-state index in [2.05, 4.69) is 20.4 Å². The molecule has 3 rings (SSSR count). The fourth-order valence-corrected chi connectivity index (χ4v) is 2.43. The summed E-state index contributed by atoms with van der Waals surface area (Å²) in [6, 6.07) is 3.47. The standard InChI is InChI=1S/C16H15F3N6O/c1-10-20-5-6-25(10)13-4-3-11(7-21-13)8-22-15(26)12-9-24(2)23-14(12)16(17,18)19/h3-7,9H,8H2,1-2H3,(H,22,26). The van der Waals surface area contributed by atoms with Crippen molar-refractivity contribution < 1.29 is 18.0 Å². The molecule has 3 aromatic rings. The molecule has 3 heterocycles. The predicted octanol–water partition coefficient (Wildman–Crippen LogP) is 2.26. The lowest BCUT2D eigenvalue weighted by Gasteiger charge is -2.08. The van der Waals surface area contributed by atoms with E-state index in [1.165, 1.54) is 7.05 Å². The van der Waals surface area contributed by atoms with Gasteiger partial charge in [0, 0.05) is 38.4 Å². The number of aryl methyl sites for hydroxylation is 2. The molecule has 0 saturated heterocycles. The van der Waals surface area contributed by atoms with Gasteiger partial charge in [-0.15, -0.1) is 0 Å². The van der Waals surface area contributed by atoms with Gasteiger partial charge in [0.25, 0.3) is 5.91 Å². The molecule has 0 aliphatic rings. The van der Waals surface area contributed by atoms with Crippen LogP contribution >= 0.6 is 0 Å². The second-order valence-corrected chi connectivity index (χ2v) is 5.61. The van der Waals surface area contributed by atoms with E-state index in [4.69, 9.17) is 0 Å². The molecule has 0 fully saturated rings. The van der Waals surface area contributed by atoms with Gasteiger partial charge in [-0.3, -0.25) is 14.0 Å². The number of rotatable bonds is 4. The number of hydrogen-bond acceptors (Lipinski definition) is 4. The zero-order valence-electron chi connectivity index (χ0n) is 13.9. The summed E-state index contributed by atoms with van der Waals surface area (Å²) in [7, 11) is 1.33. The number of amides is 1. The molecule has 26 heavy (non-hydrogen) atoms. The molecule has 1 N–H and O–H groups in total. The van der Waals surface area contributed by atoms with Crippen molar-refractivity contribution >= 4 is 5.91 Å². The number of alkyl halides is 3. The highest BCUT2D eigenvalue weighted by Gasteiger charge is 2.38. The molecule has 7 nitrogen and oxygen atoms in total. The average Bonchev–Trinajstić information content (AvgIpc) is 3.18. The minimum atomic E-state index is -4.69. The van der Waals surface area contributed by atoms with Gasteiger partial charge in [-0.05, 0) is 18.6 Å². The Morgan fingerprint density at radius 3 is 2.62 bits per heavy atom. The van der Waals surface area contributed by atoms with Crippen LogP contribution in [-0.2, 0) is 19.8 Å². The molecule has 3 aromatic heterocycles. The molecule has 0 saturated carbocycles. The van der Waals surface area contributed by atoms with Crippen LogP contribution in [0.25, 0.3) is 5.82 Å². The molecule has 0 atom stereocenters. The predicted molar refractivity (Wildman–Crippen MR) is 85.5 cm³/mol. The highest BCUT2D eigenvalue weighted by Crippen LogP contribution is 2.30. The van der Waals surface area contributed by atoms with Gasteiger partial charge in [-0.25, -0.2) is 9.97 Å². The number of hydrogen-bond donors (Lipinski definition) is 1. The number of halogens is 3. The first-order chi connectivity index (χ1) is 12.3. The number of nitrogens with one attached hydrogen (secondary N) is 1. The maximum absolute atomic E-state index is 12.9. The van der Waals surface area contributed by atoms with E-state index in [1.807, 2.05) is 6.92 Å². The van der Waals surface area contributed by atoms with Gasteiger partial charge in [0.15, 0.2) is 5.69 Å². The molecule has 0 aliphatic heterocycles.